The fraction of sp³-hybridized carbons (Fsp3) is 0.136. The van der Waals surface area contributed by atoms with Crippen LogP contribution < -0.4 is 14.8 Å². The number of imide groups is 1. The molecule has 3 amide bonds. The van der Waals surface area contributed by atoms with Crippen molar-refractivity contribution in [1.82, 2.24) is 10.2 Å². The third-order valence-corrected chi connectivity index (χ3v) is 5.34. The van der Waals surface area contributed by atoms with Crippen LogP contribution in [-0.2, 0) is 9.59 Å². The summed E-state index contributed by atoms with van der Waals surface area (Å²) in [6.07, 6.45) is 4.73. The van der Waals surface area contributed by atoms with E-state index in [1.165, 1.54) is 6.08 Å². The molecule has 2 aliphatic heterocycles. The van der Waals surface area contributed by atoms with Gasteiger partial charge in [0.2, 0.25) is 12.7 Å². The lowest BCUT2D eigenvalue weighted by Gasteiger charge is -2.12. The molecule has 2 aromatic rings. The van der Waals surface area contributed by atoms with Gasteiger partial charge >= 0.3 is 0 Å². The quantitative estimate of drug-likeness (QED) is 0.720. The van der Waals surface area contributed by atoms with Gasteiger partial charge in [-0.2, -0.15) is 0 Å². The lowest BCUT2D eigenvalue weighted by molar-refractivity contribution is -0.123. The zero-order chi connectivity index (χ0) is 20.9. The minimum absolute atomic E-state index is 0.112. The Balaban J connectivity index is 1.28. The first-order chi connectivity index (χ1) is 14.6. The number of hydrogen-bond donors (Lipinski definition) is 1. The standard InChI is InChI=1S/C22H18N2O5S/c25-20(9-7-16-6-8-17-18(12-16)29-14-28-17)23-10-11-24-21(26)19(30-22(24)27)13-15-4-2-1-3-5-15/h1-9,12-13H,10-11,14H2,(H,23,25). The Kier molecular flexibility index (Phi) is 5.85. The highest BCUT2D eigenvalue weighted by Gasteiger charge is 2.34. The van der Waals surface area contributed by atoms with E-state index < -0.39 is 0 Å². The second-order valence-corrected chi connectivity index (χ2v) is 7.47. The molecule has 2 aromatic carbocycles. The zero-order valence-electron chi connectivity index (χ0n) is 15.9. The molecule has 152 valence electrons. The number of ether oxygens (including phenoxy) is 2. The molecule has 30 heavy (non-hydrogen) atoms. The van der Waals surface area contributed by atoms with Gasteiger partial charge in [-0.25, -0.2) is 0 Å². The molecule has 7 nitrogen and oxygen atoms in total. The maximum Gasteiger partial charge on any atom is 0.293 e. The van der Waals surface area contributed by atoms with E-state index in [2.05, 4.69) is 5.32 Å². The zero-order valence-corrected chi connectivity index (χ0v) is 16.7. The summed E-state index contributed by atoms with van der Waals surface area (Å²) in [5, 5.41) is 2.34. The molecule has 0 aliphatic carbocycles. The van der Waals surface area contributed by atoms with E-state index in [1.807, 2.05) is 36.4 Å². The summed E-state index contributed by atoms with van der Waals surface area (Å²) in [5.74, 6) is 0.647. The molecule has 4 rings (SSSR count). The number of thioether (sulfide) groups is 1. The molecule has 1 fully saturated rings. The summed E-state index contributed by atoms with van der Waals surface area (Å²) in [6, 6.07) is 14.7. The van der Waals surface area contributed by atoms with E-state index in [1.54, 1.807) is 24.3 Å². The Bertz CT molecular complexity index is 1050. The molecule has 0 spiro atoms. The highest BCUT2D eigenvalue weighted by molar-refractivity contribution is 8.18. The molecule has 0 saturated carbocycles. The van der Waals surface area contributed by atoms with E-state index in [4.69, 9.17) is 9.47 Å². The number of nitrogens with one attached hydrogen (secondary N) is 1. The summed E-state index contributed by atoms with van der Waals surface area (Å²) in [4.78, 5) is 38.2. The Labute approximate surface area is 177 Å². The van der Waals surface area contributed by atoms with Gasteiger partial charge in [-0.15, -0.1) is 0 Å². The number of rotatable bonds is 6. The van der Waals surface area contributed by atoms with E-state index in [0.29, 0.717) is 16.4 Å². The molecule has 0 radical (unpaired) electrons. The van der Waals surface area contributed by atoms with Gasteiger partial charge in [0.1, 0.15) is 0 Å². The highest BCUT2D eigenvalue weighted by Crippen LogP contribution is 2.33. The number of carbonyl (C=O) groups excluding carboxylic acids is 3. The van der Waals surface area contributed by atoms with Crippen molar-refractivity contribution in [2.45, 2.75) is 0 Å². The van der Waals surface area contributed by atoms with Gasteiger partial charge in [-0.05, 0) is 47.2 Å². The van der Waals surface area contributed by atoms with Gasteiger partial charge in [0, 0.05) is 19.2 Å². The van der Waals surface area contributed by atoms with Crippen LogP contribution >= 0.6 is 11.8 Å². The van der Waals surface area contributed by atoms with Crippen molar-refractivity contribution < 1.29 is 23.9 Å². The molecule has 2 aliphatic rings. The fourth-order valence-corrected chi connectivity index (χ4v) is 3.80. The lowest BCUT2D eigenvalue weighted by Crippen LogP contribution is -2.36. The SMILES string of the molecule is O=C(C=Cc1ccc2c(c1)OCO2)NCCN1C(=O)SC(=Cc2ccccc2)C1=O. The number of carbonyl (C=O) groups is 3. The number of benzene rings is 2. The van der Waals surface area contributed by atoms with Crippen LogP contribution in [0.5, 0.6) is 11.5 Å². The number of nitrogens with zero attached hydrogens (tertiary/aromatic N) is 1. The van der Waals surface area contributed by atoms with Crippen LogP contribution in [0.4, 0.5) is 4.79 Å². The van der Waals surface area contributed by atoms with Crippen molar-refractivity contribution in [2.75, 3.05) is 19.9 Å². The average molecular weight is 422 g/mol. The van der Waals surface area contributed by atoms with Gasteiger partial charge < -0.3 is 14.8 Å². The average Bonchev–Trinajstić information content (AvgIpc) is 3.32. The van der Waals surface area contributed by atoms with Gasteiger partial charge in [0.25, 0.3) is 11.1 Å². The second-order valence-electron chi connectivity index (χ2n) is 6.48. The minimum atomic E-state index is -0.348. The molecule has 0 unspecified atom stereocenters. The number of amides is 3. The molecular weight excluding hydrogens is 404 g/mol. The summed E-state index contributed by atoms with van der Waals surface area (Å²) in [7, 11) is 0. The Hall–Kier alpha value is -3.52. The van der Waals surface area contributed by atoms with Gasteiger partial charge in [0.15, 0.2) is 11.5 Å². The van der Waals surface area contributed by atoms with E-state index >= 15 is 0 Å². The van der Waals surface area contributed by atoms with Crippen molar-refractivity contribution in [1.29, 1.82) is 0 Å². The minimum Gasteiger partial charge on any atom is -0.454 e. The summed E-state index contributed by atoms with van der Waals surface area (Å²) < 4.78 is 10.5. The van der Waals surface area contributed by atoms with Gasteiger partial charge in [-0.1, -0.05) is 36.4 Å². The lowest BCUT2D eigenvalue weighted by atomic mass is 10.2. The smallest absolute Gasteiger partial charge is 0.293 e. The number of hydrogen-bond acceptors (Lipinski definition) is 6. The molecule has 0 aromatic heterocycles. The van der Waals surface area contributed by atoms with Crippen LogP contribution in [0, 0.1) is 0 Å². The first kappa shape index (κ1) is 19.8. The molecular formula is C22H18N2O5S. The van der Waals surface area contributed by atoms with Crippen LogP contribution in [0.15, 0.2) is 59.5 Å². The molecule has 0 atom stereocenters. The van der Waals surface area contributed by atoms with E-state index in [9.17, 15) is 14.4 Å². The Morgan fingerprint density at radius 2 is 1.87 bits per heavy atom. The Morgan fingerprint density at radius 3 is 2.70 bits per heavy atom. The van der Waals surface area contributed by atoms with E-state index in [0.717, 1.165) is 27.8 Å². The third-order valence-electron chi connectivity index (χ3n) is 4.43. The van der Waals surface area contributed by atoms with Crippen molar-refractivity contribution in [3.05, 3.63) is 70.6 Å². The van der Waals surface area contributed by atoms with Crippen molar-refractivity contribution in [3.63, 3.8) is 0 Å². The monoisotopic (exact) mass is 422 g/mol. The first-order valence-electron chi connectivity index (χ1n) is 9.26. The van der Waals surface area contributed by atoms with Crippen molar-refractivity contribution in [3.8, 4) is 11.5 Å². The van der Waals surface area contributed by atoms with Gasteiger partial charge in [0.05, 0.1) is 4.91 Å². The van der Waals surface area contributed by atoms with Crippen LogP contribution in [0.1, 0.15) is 11.1 Å². The molecule has 2 heterocycles. The summed E-state index contributed by atoms with van der Waals surface area (Å²) in [6.45, 7) is 0.471. The highest BCUT2D eigenvalue weighted by atomic mass is 32.2. The topological polar surface area (TPSA) is 84.9 Å². The van der Waals surface area contributed by atoms with Gasteiger partial charge in [-0.3, -0.25) is 19.3 Å². The third kappa shape index (κ3) is 4.55. The number of fused-ring (bicyclic) bond motifs is 1. The molecule has 1 saturated heterocycles. The first-order valence-corrected chi connectivity index (χ1v) is 10.1. The van der Waals surface area contributed by atoms with Crippen LogP contribution in [0.3, 0.4) is 0 Å². The summed E-state index contributed by atoms with van der Waals surface area (Å²) in [5.41, 5.74) is 1.65. The molecule has 8 heteroatoms. The second kappa shape index (κ2) is 8.87. The largest absolute Gasteiger partial charge is 0.454 e. The normalized spacial score (nSPS) is 16.7. The Morgan fingerprint density at radius 1 is 1.07 bits per heavy atom. The van der Waals surface area contributed by atoms with E-state index in [-0.39, 0.29) is 36.9 Å². The molecule has 1 N–H and O–H groups in total. The van der Waals surface area contributed by atoms with Crippen LogP contribution in [0.2, 0.25) is 0 Å². The maximum absolute atomic E-state index is 12.5. The predicted octanol–water partition coefficient (Wildman–Crippen LogP) is 3.28. The van der Waals surface area contributed by atoms with Crippen molar-refractivity contribution in [2.24, 2.45) is 0 Å². The summed E-state index contributed by atoms with van der Waals surface area (Å²) >= 11 is 0.902. The van der Waals surface area contributed by atoms with Crippen molar-refractivity contribution >= 4 is 41.0 Å². The maximum atomic E-state index is 12.5. The predicted molar refractivity (Wildman–Crippen MR) is 114 cm³/mol. The fourth-order valence-electron chi connectivity index (χ4n) is 2.93. The van der Waals surface area contributed by atoms with Crippen LogP contribution in [0.25, 0.3) is 12.2 Å². The molecule has 0 bridgehead atoms. The van der Waals surface area contributed by atoms with Crippen LogP contribution in [-0.4, -0.2) is 41.8 Å².